The van der Waals surface area contributed by atoms with Gasteiger partial charge in [0.05, 0.1) is 10.4 Å². The maximum atomic E-state index is 11.1. The zero-order valence-electron chi connectivity index (χ0n) is 10.7. The first-order valence-corrected chi connectivity index (χ1v) is 6.33. The summed E-state index contributed by atoms with van der Waals surface area (Å²) < 4.78 is 0. The van der Waals surface area contributed by atoms with E-state index < -0.39 is 4.92 Å². The minimum absolute atomic E-state index is 0.0181. The predicted molar refractivity (Wildman–Crippen MR) is 76.7 cm³/mol. The minimum atomic E-state index is -0.427. The lowest BCUT2D eigenvalue weighted by Crippen LogP contribution is -2.10. The van der Waals surface area contributed by atoms with Crippen LogP contribution < -0.4 is 5.32 Å². The maximum Gasteiger partial charge on any atom is 0.311 e. The van der Waals surface area contributed by atoms with Crippen LogP contribution in [0.3, 0.4) is 0 Å². The average Bonchev–Trinajstić information content (AvgIpc) is 2.34. The van der Waals surface area contributed by atoms with Gasteiger partial charge in [-0.3, -0.25) is 10.1 Å². The van der Waals surface area contributed by atoms with Gasteiger partial charge < -0.3 is 5.32 Å². The van der Waals surface area contributed by atoms with Crippen molar-refractivity contribution in [1.82, 2.24) is 4.98 Å². The van der Waals surface area contributed by atoms with E-state index in [-0.39, 0.29) is 5.69 Å². The number of nitrogens with one attached hydrogen (secondary N) is 1. The van der Waals surface area contributed by atoms with Crippen molar-refractivity contribution in [3.8, 4) is 0 Å². The summed E-state index contributed by atoms with van der Waals surface area (Å²) in [6, 6.07) is 5.15. The number of nitro groups is 1. The van der Waals surface area contributed by atoms with Gasteiger partial charge >= 0.3 is 5.69 Å². The monoisotopic (exact) mass is 279 g/mol. The highest BCUT2D eigenvalue weighted by Crippen LogP contribution is 2.32. The lowest BCUT2D eigenvalue weighted by atomic mass is 10.1. The second kappa shape index (κ2) is 5.40. The number of rotatable bonds is 4. The van der Waals surface area contributed by atoms with E-state index in [1.807, 2.05) is 13.8 Å². The van der Waals surface area contributed by atoms with Gasteiger partial charge in [0.1, 0.15) is 11.9 Å². The molecule has 1 aromatic carbocycles. The van der Waals surface area contributed by atoms with E-state index in [0.717, 1.165) is 0 Å². The third-order valence-corrected chi connectivity index (χ3v) is 2.93. The zero-order valence-corrected chi connectivity index (χ0v) is 11.4. The summed E-state index contributed by atoms with van der Waals surface area (Å²) in [6.07, 6.45) is 1.27. The Labute approximate surface area is 115 Å². The van der Waals surface area contributed by atoms with Crippen molar-refractivity contribution in [1.29, 1.82) is 0 Å². The van der Waals surface area contributed by atoms with Gasteiger partial charge in [0, 0.05) is 17.0 Å². The molecule has 6 heteroatoms. The van der Waals surface area contributed by atoms with Gasteiger partial charge in [-0.25, -0.2) is 4.98 Å². The second-order valence-electron chi connectivity index (χ2n) is 4.71. The van der Waals surface area contributed by atoms with Gasteiger partial charge in [0.25, 0.3) is 0 Å². The number of anilines is 1. The first-order chi connectivity index (χ1) is 8.99. The fourth-order valence-electron chi connectivity index (χ4n) is 1.79. The Morgan fingerprint density at radius 2 is 2.21 bits per heavy atom. The van der Waals surface area contributed by atoms with Gasteiger partial charge in [-0.2, -0.15) is 0 Å². The molecule has 0 amide bonds. The lowest BCUT2D eigenvalue weighted by molar-refractivity contribution is -0.384. The molecule has 0 atom stereocenters. The van der Waals surface area contributed by atoms with Crippen LogP contribution in [0.1, 0.15) is 13.8 Å². The minimum Gasteiger partial charge on any atom is -0.379 e. The first-order valence-electron chi connectivity index (χ1n) is 5.95. The third-order valence-electron chi connectivity index (χ3n) is 2.69. The number of hydrogen-bond acceptors (Lipinski definition) is 4. The fraction of sp³-hybridized carbons (Fsp3) is 0.308. The molecule has 0 saturated heterocycles. The van der Waals surface area contributed by atoms with Crippen LogP contribution in [0.4, 0.5) is 11.4 Å². The summed E-state index contributed by atoms with van der Waals surface area (Å²) in [5.74, 6) is 0.384. The molecular formula is C13H14ClN3O2. The first kappa shape index (κ1) is 13.5. The van der Waals surface area contributed by atoms with E-state index in [1.165, 1.54) is 6.20 Å². The number of nitrogens with zero attached hydrogens (tertiary/aromatic N) is 2. The number of hydrogen-bond donors (Lipinski definition) is 1. The molecule has 1 N–H and O–H groups in total. The Morgan fingerprint density at radius 3 is 2.84 bits per heavy atom. The summed E-state index contributed by atoms with van der Waals surface area (Å²) in [7, 11) is 0. The molecule has 0 fully saturated rings. The summed E-state index contributed by atoms with van der Waals surface area (Å²) in [5.41, 5.74) is 1.13. The molecule has 19 heavy (non-hydrogen) atoms. The quantitative estimate of drug-likeness (QED) is 0.681. The Hall–Kier alpha value is -1.88. The van der Waals surface area contributed by atoms with Crippen LogP contribution in [-0.4, -0.2) is 16.5 Å². The normalized spacial score (nSPS) is 10.9. The Bertz CT molecular complexity index is 629. The van der Waals surface area contributed by atoms with Gasteiger partial charge in [-0.15, -0.1) is 0 Å². The highest BCUT2D eigenvalue weighted by molar-refractivity contribution is 6.31. The third kappa shape index (κ3) is 2.93. The topological polar surface area (TPSA) is 68.1 Å². The molecule has 0 aliphatic carbocycles. The van der Waals surface area contributed by atoms with Crippen molar-refractivity contribution < 1.29 is 4.92 Å². The largest absolute Gasteiger partial charge is 0.379 e. The molecular weight excluding hydrogens is 266 g/mol. The van der Waals surface area contributed by atoms with Crippen LogP contribution in [0.25, 0.3) is 10.9 Å². The van der Waals surface area contributed by atoms with Gasteiger partial charge in [-0.1, -0.05) is 25.4 Å². The predicted octanol–water partition coefficient (Wildman–Crippen LogP) is 3.86. The lowest BCUT2D eigenvalue weighted by Gasteiger charge is -2.11. The van der Waals surface area contributed by atoms with Crippen LogP contribution >= 0.6 is 11.6 Å². The summed E-state index contributed by atoms with van der Waals surface area (Å²) in [6.45, 7) is 4.74. The number of aromatic nitrogens is 1. The van der Waals surface area contributed by atoms with Crippen molar-refractivity contribution >= 4 is 33.9 Å². The summed E-state index contributed by atoms with van der Waals surface area (Å²) >= 11 is 5.91. The van der Waals surface area contributed by atoms with Crippen LogP contribution in [0.2, 0.25) is 5.02 Å². The molecule has 0 radical (unpaired) electrons. The van der Waals surface area contributed by atoms with E-state index in [0.29, 0.717) is 34.1 Å². The molecule has 1 aromatic heterocycles. The van der Waals surface area contributed by atoms with Gasteiger partial charge in [-0.05, 0) is 24.1 Å². The van der Waals surface area contributed by atoms with Gasteiger partial charge in [0.15, 0.2) is 0 Å². The van der Waals surface area contributed by atoms with Crippen LogP contribution in [0.15, 0.2) is 24.4 Å². The second-order valence-corrected chi connectivity index (χ2v) is 5.15. The highest BCUT2D eigenvalue weighted by Gasteiger charge is 2.18. The summed E-state index contributed by atoms with van der Waals surface area (Å²) in [4.78, 5) is 14.7. The Kier molecular flexibility index (Phi) is 3.85. The van der Waals surface area contributed by atoms with E-state index in [9.17, 15) is 10.1 Å². The van der Waals surface area contributed by atoms with Crippen molar-refractivity contribution in [2.45, 2.75) is 13.8 Å². The van der Waals surface area contributed by atoms with E-state index >= 15 is 0 Å². The number of pyridine rings is 1. The van der Waals surface area contributed by atoms with Crippen molar-refractivity contribution in [2.75, 3.05) is 11.9 Å². The average molecular weight is 280 g/mol. The SMILES string of the molecule is CC(C)CNc1c([N+](=O)[O-])cnc2cc(Cl)ccc12. The molecule has 1 heterocycles. The van der Waals surface area contributed by atoms with Crippen LogP contribution in [0, 0.1) is 16.0 Å². The molecule has 2 aromatic rings. The maximum absolute atomic E-state index is 11.1. The molecule has 0 bridgehead atoms. The van der Waals surface area contributed by atoms with E-state index in [1.54, 1.807) is 18.2 Å². The van der Waals surface area contributed by atoms with Crippen LogP contribution in [0.5, 0.6) is 0 Å². The van der Waals surface area contributed by atoms with Crippen molar-refractivity contribution in [3.63, 3.8) is 0 Å². The highest BCUT2D eigenvalue weighted by atomic mass is 35.5. The molecule has 0 aliphatic rings. The molecule has 0 aliphatic heterocycles. The Morgan fingerprint density at radius 1 is 1.47 bits per heavy atom. The summed E-state index contributed by atoms with van der Waals surface area (Å²) in [5, 5.41) is 15.5. The van der Waals surface area contributed by atoms with E-state index in [4.69, 9.17) is 11.6 Å². The zero-order chi connectivity index (χ0) is 14.0. The molecule has 0 spiro atoms. The Balaban J connectivity index is 2.58. The van der Waals surface area contributed by atoms with Gasteiger partial charge in [0.2, 0.25) is 0 Å². The molecule has 5 nitrogen and oxygen atoms in total. The molecule has 2 rings (SSSR count). The van der Waals surface area contributed by atoms with E-state index in [2.05, 4.69) is 10.3 Å². The fourth-order valence-corrected chi connectivity index (χ4v) is 1.95. The molecule has 0 unspecified atom stereocenters. The van der Waals surface area contributed by atoms with Crippen molar-refractivity contribution in [3.05, 3.63) is 39.5 Å². The number of fused-ring (bicyclic) bond motifs is 1. The smallest absolute Gasteiger partial charge is 0.311 e. The van der Waals surface area contributed by atoms with Crippen molar-refractivity contribution in [2.24, 2.45) is 5.92 Å². The molecule has 0 saturated carbocycles. The number of halogens is 1. The van der Waals surface area contributed by atoms with Crippen LogP contribution in [-0.2, 0) is 0 Å². The number of benzene rings is 1. The molecule has 100 valence electrons. The standard InChI is InChI=1S/C13H14ClN3O2/c1-8(2)6-16-13-10-4-3-9(14)5-11(10)15-7-12(13)17(18)19/h3-5,7-8H,6H2,1-2H3,(H,15,16).